The van der Waals surface area contributed by atoms with Gasteiger partial charge in [-0.1, -0.05) is 18.2 Å². The van der Waals surface area contributed by atoms with Crippen LogP contribution in [0.25, 0.3) is 6.08 Å². The van der Waals surface area contributed by atoms with Crippen LogP contribution in [-0.4, -0.2) is 63.2 Å². The van der Waals surface area contributed by atoms with Crippen LogP contribution in [0.5, 0.6) is 17.2 Å². The molecule has 3 rings (SSSR count). The first-order chi connectivity index (χ1) is 16.5. The maximum atomic E-state index is 13.0. The average Bonchev–Trinajstić information content (AvgIpc) is 2.86. The molecule has 0 saturated carbocycles. The van der Waals surface area contributed by atoms with Crippen LogP contribution in [0.1, 0.15) is 12.5 Å². The summed E-state index contributed by atoms with van der Waals surface area (Å²) in [6, 6.07) is 14.7. The van der Waals surface area contributed by atoms with Crippen molar-refractivity contribution in [1.82, 2.24) is 4.90 Å². The van der Waals surface area contributed by atoms with E-state index in [9.17, 15) is 14.9 Å². The molecule has 0 radical (unpaired) electrons. The summed E-state index contributed by atoms with van der Waals surface area (Å²) < 4.78 is 16.4. The van der Waals surface area contributed by atoms with Gasteiger partial charge in [0.2, 0.25) is 0 Å². The summed E-state index contributed by atoms with van der Waals surface area (Å²) in [5.74, 6) is 0.611. The van der Waals surface area contributed by atoms with E-state index in [0.717, 1.165) is 11.4 Å². The summed E-state index contributed by atoms with van der Waals surface area (Å²) in [6.45, 7) is 4.14. The number of ether oxygens (including phenoxy) is 3. The van der Waals surface area contributed by atoms with Gasteiger partial charge in [-0.3, -0.25) is 9.59 Å². The monoisotopic (exact) mass is 464 g/mol. The Morgan fingerprint density at radius 2 is 1.79 bits per heavy atom. The van der Waals surface area contributed by atoms with Gasteiger partial charge >= 0.3 is 0 Å². The van der Waals surface area contributed by atoms with Crippen molar-refractivity contribution in [2.24, 2.45) is 5.73 Å². The van der Waals surface area contributed by atoms with Crippen LogP contribution in [-0.2, 0) is 9.59 Å². The molecule has 0 atom stereocenters. The van der Waals surface area contributed by atoms with Crippen molar-refractivity contribution in [1.29, 1.82) is 5.26 Å². The third kappa shape index (κ3) is 5.98. The molecule has 0 bridgehead atoms. The highest BCUT2D eigenvalue weighted by Crippen LogP contribution is 2.30. The van der Waals surface area contributed by atoms with E-state index < -0.39 is 5.91 Å². The number of methoxy groups -OCH3 is 1. The molecule has 1 saturated heterocycles. The minimum absolute atomic E-state index is 0.0268. The normalized spacial score (nSPS) is 13.7. The van der Waals surface area contributed by atoms with Gasteiger partial charge in [0, 0.05) is 26.2 Å². The fourth-order valence-electron chi connectivity index (χ4n) is 3.67. The third-order valence-corrected chi connectivity index (χ3v) is 5.29. The van der Waals surface area contributed by atoms with Crippen LogP contribution in [0.2, 0.25) is 0 Å². The Morgan fingerprint density at radius 3 is 2.44 bits per heavy atom. The molecule has 9 nitrogen and oxygen atoms in total. The molecule has 0 aromatic heterocycles. The summed E-state index contributed by atoms with van der Waals surface area (Å²) >= 11 is 0. The van der Waals surface area contributed by atoms with Gasteiger partial charge < -0.3 is 29.7 Å². The predicted octanol–water partition coefficient (Wildman–Crippen LogP) is 2.21. The first-order valence-corrected chi connectivity index (χ1v) is 10.9. The molecule has 1 fully saturated rings. The predicted molar refractivity (Wildman–Crippen MR) is 128 cm³/mol. The number of benzene rings is 2. The SMILES string of the molecule is CCOc1cc(C=C(C#N)C(=O)N2CCN(c3ccccc3OC)CC2)ccc1OCC(N)=O. The number of hydrogen-bond acceptors (Lipinski definition) is 7. The first kappa shape index (κ1) is 24.5. The summed E-state index contributed by atoms with van der Waals surface area (Å²) in [5.41, 5.74) is 6.75. The molecule has 0 unspecified atom stereocenters. The number of para-hydroxylation sites is 2. The van der Waals surface area contributed by atoms with Crippen molar-refractivity contribution in [3.8, 4) is 23.3 Å². The second-order valence-corrected chi connectivity index (χ2v) is 7.52. The van der Waals surface area contributed by atoms with E-state index in [4.69, 9.17) is 19.9 Å². The number of carbonyl (C=O) groups is 2. The van der Waals surface area contributed by atoms with Gasteiger partial charge in [-0.2, -0.15) is 5.26 Å². The fraction of sp³-hybridized carbons (Fsp3) is 0.320. The lowest BCUT2D eigenvalue weighted by Crippen LogP contribution is -2.49. The number of rotatable bonds is 9. The van der Waals surface area contributed by atoms with E-state index in [1.807, 2.05) is 37.3 Å². The zero-order valence-corrected chi connectivity index (χ0v) is 19.3. The standard InChI is InChI=1S/C25H28N4O5/c1-3-33-23-15-18(8-9-22(23)34-17-24(27)30)14-19(16-26)25(31)29-12-10-28(11-13-29)20-6-4-5-7-21(20)32-2/h4-9,14-15H,3,10-13,17H2,1-2H3,(H2,27,30). The lowest BCUT2D eigenvalue weighted by molar-refractivity contribution is -0.127. The minimum Gasteiger partial charge on any atom is -0.495 e. The van der Waals surface area contributed by atoms with Gasteiger partial charge in [0.25, 0.3) is 11.8 Å². The Bertz CT molecular complexity index is 1100. The number of hydrogen-bond donors (Lipinski definition) is 1. The second kappa shape index (κ2) is 11.6. The molecule has 2 amide bonds. The van der Waals surface area contributed by atoms with Gasteiger partial charge in [-0.25, -0.2) is 0 Å². The zero-order valence-electron chi connectivity index (χ0n) is 19.3. The van der Waals surface area contributed by atoms with E-state index in [-0.39, 0.29) is 18.1 Å². The summed E-state index contributed by atoms with van der Waals surface area (Å²) in [4.78, 5) is 27.9. The number of carbonyl (C=O) groups excluding carboxylic acids is 2. The molecular weight excluding hydrogens is 436 g/mol. The molecule has 1 aliphatic rings. The molecule has 0 spiro atoms. The first-order valence-electron chi connectivity index (χ1n) is 10.9. The molecule has 2 N–H and O–H groups in total. The molecule has 178 valence electrons. The maximum absolute atomic E-state index is 13.0. The molecular formula is C25H28N4O5. The summed E-state index contributed by atoms with van der Waals surface area (Å²) in [5, 5.41) is 9.66. The number of nitrogens with two attached hydrogens (primary N) is 1. The Balaban J connectivity index is 1.72. The molecule has 1 aliphatic heterocycles. The highest BCUT2D eigenvalue weighted by atomic mass is 16.5. The molecule has 2 aromatic rings. The number of nitriles is 1. The second-order valence-electron chi connectivity index (χ2n) is 7.52. The van der Waals surface area contributed by atoms with Crippen LogP contribution in [0.4, 0.5) is 5.69 Å². The van der Waals surface area contributed by atoms with Gasteiger partial charge in [-0.15, -0.1) is 0 Å². The number of anilines is 1. The molecule has 0 aliphatic carbocycles. The molecule has 1 heterocycles. The Labute approximate surface area is 198 Å². The van der Waals surface area contributed by atoms with Gasteiger partial charge in [-0.05, 0) is 42.8 Å². The largest absolute Gasteiger partial charge is 0.495 e. The van der Waals surface area contributed by atoms with Crippen LogP contribution < -0.4 is 24.8 Å². The summed E-state index contributed by atoms with van der Waals surface area (Å²) in [6.07, 6.45) is 1.52. The lowest BCUT2D eigenvalue weighted by atomic mass is 10.1. The van der Waals surface area contributed by atoms with Gasteiger partial charge in [0.15, 0.2) is 18.1 Å². The van der Waals surface area contributed by atoms with E-state index in [2.05, 4.69) is 4.90 Å². The highest BCUT2D eigenvalue weighted by molar-refractivity contribution is 6.01. The van der Waals surface area contributed by atoms with Crippen molar-refractivity contribution in [2.75, 3.05) is 51.4 Å². The Hall–Kier alpha value is -4.19. The van der Waals surface area contributed by atoms with Crippen molar-refractivity contribution in [3.63, 3.8) is 0 Å². The number of nitrogens with zero attached hydrogens (tertiary/aromatic N) is 3. The van der Waals surface area contributed by atoms with Crippen LogP contribution in [0.15, 0.2) is 48.0 Å². The fourth-order valence-corrected chi connectivity index (χ4v) is 3.67. The number of primary amides is 1. The molecule has 9 heteroatoms. The zero-order chi connectivity index (χ0) is 24.5. The van der Waals surface area contributed by atoms with E-state index in [1.165, 1.54) is 6.08 Å². The van der Waals surface area contributed by atoms with Crippen molar-refractivity contribution >= 4 is 23.6 Å². The van der Waals surface area contributed by atoms with Crippen LogP contribution in [0.3, 0.4) is 0 Å². The topological polar surface area (TPSA) is 118 Å². The lowest BCUT2D eigenvalue weighted by Gasteiger charge is -2.36. The van der Waals surface area contributed by atoms with Crippen LogP contribution >= 0.6 is 0 Å². The van der Waals surface area contributed by atoms with Crippen molar-refractivity contribution in [3.05, 3.63) is 53.6 Å². The van der Waals surface area contributed by atoms with E-state index in [1.54, 1.807) is 30.2 Å². The van der Waals surface area contributed by atoms with Crippen molar-refractivity contribution in [2.45, 2.75) is 6.92 Å². The van der Waals surface area contributed by atoms with Gasteiger partial charge in [0.1, 0.15) is 17.4 Å². The number of amides is 2. The molecule has 2 aromatic carbocycles. The minimum atomic E-state index is -0.602. The van der Waals surface area contributed by atoms with E-state index in [0.29, 0.717) is 49.8 Å². The summed E-state index contributed by atoms with van der Waals surface area (Å²) in [7, 11) is 1.63. The average molecular weight is 465 g/mol. The van der Waals surface area contributed by atoms with Crippen LogP contribution in [0, 0.1) is 11.3 Å². The quantitative estimate of drug-likeness (QED) is 0.446. The Kier molecular flexibility index (Phi) is 8.35. The smallest absolute Gasteiger partial charge is 0.264 e. The van der Waals surface area contributed by atoms with E-state index >= 15 is 0 Å². The van der Waals surface area contributed by atoms with Crippen molar-refractivity contribution < 1.29 is 23.8 Å². The molecule has 34 heavy (non-hydrogen) atoms. The Morgan fingerprint density at radius 1 is 1.06 bits per heavy atom. The van der Waals surface area contributed by atoms with Gasteiger partial charge in [0.05, 0.1) is 19.4 Å². The maximum Gasteiger partial charge on any atom is 0.264 e. The third-order valence-electron chi connectivity index (χ3n) is 5.29. The highest BCUT2D eigenvalue weighted by Gasteiger charge is 2.25. The number of piperazine rings is 1.